The molecular formula is C34H68N2O6P+. The number of rotatable bonds is 30. The van der Waals surface area contributed by atoms with E-state index in [2.05, 4.69) is 31.3 Å². The lowest BCUT2D eigenvalue weighted by molar-refractivity contribution is -0.870. The number of nitrogens with zero attached hydrogens (tertiary/aromatic N) is 1. The predicted molar refractivity (Wildman–Crippen MR) is 180 cm³/mol. The van der Waals surface area contributed by atoms with Crippen molar-refractivity contribution in [1.29, 1.82) is 0 Å². The number of aliphatic hydroxyl groups excluding tert-OH is 1. The second kappa shape index (κ2) is 27.3. The summed E-state index contributed by atoms with van der Waals surface area (Å²) in [6.45, 7) is 4.69. The molecule has 3 atom stereocenters. The number of hydrogen-bond donors (Lipinski definition) is 3. The summed E-state index contributed by atoms with van der Waals surface area (Å²) in [6, 6.07) is -0.843. The van der Waals surface area contributed by atoms with Crippen LogP contribution in [0.15, 0.2) is 24.3 Å². The summed E-state index contributed by atoms with van der Waals surface area (Å²) in [4.78, 5) is 22.8. The van der Waals surface area contributed by atoms with E-state index in [9.17, 15) is 19.4 Å². The summed E-state index contributed by atoms with van der Waals surface area (Å²) >= 11 is 0. The molecule has 254 valence electrons. The number of quaternary nitrogens is 1. The van der Waals surface area contributed by atoms with E-state index in [4.69, 9.17) is 9.05 Å². The van der Waals surface area contributed by atoms with E-state index >= 15 is 0 Å². The zero-order chi connectivity index (χ0) is 32.2. The van der Waals surface area contributed by atoms with Gasteiger partial charge in [-0.3, -0.25) is 13.8 Å². The van der Waals surface area contributed by atoms with E-state index in [0.29, 0.717) is 17.4 Å². The summed E-state index contributed by atoms with van der Waals surface area (Å²) in [5.74, 6) is -0.194. The van der Waals surface area contributed by atoms with Crippen LogP contribution in [0.5, 0.6) is 0 Å². The highest BCUT2D eigenvalue weighted by atomic mass is 31.2. The Morgan fingerprint density at radius 1 is 0.767 bits per heavy atom. The van der Waals surface area contributed by atoms with Crippen LogP contribution in [0.1, 0.15) is 136 Å². The van der Waals surface area contributed by atoms with Crippen LogP contribution in [0.2, 0.25) is 0 Å². The molecule has 0 aromatic rings. The highest BCUT2D eigenvalue weighted by Crippen LogP contribution is 2.43. The summed E-state index contributed by atoms with van der Waals surface area (Å²) in [6.07, 6.45) is 28.3. The maximum atomic E-state index is 12.7. The van der Waals surface area contributed by atoms with E-state index in [1.807, 2.05) is 27.2 Å². The van der Waals surface area contributed by atoms with Crippen molar-refractivity contribution in [1.82, 2.24) is 5.32 Å². The lowest BCUT2D eigenvalue weighted by Gasteiger charge is -2.25. The fourth-order valence-corrected chi connectivity index (χ4v) is 5.30. The number of hydrogen-bond acceptors (Lipinski definition) is 5. The number of nitrogens with one attached hydrogen (secondary N) is 1. The molecule has 0 aliphatic rings. The largest absolute Gasteiger partial charge is 0.472 e. The predicted octanol–water partition coefficient (Wildman–Crippen LogP) is 8.24. The first-order valence-electron chi connectivity index (χ1n) is 17.2. The van der Waals surface area contributed by atoms with E-state index in [1.54, 1.807) is 6.08 Å². The van der Waals surface area contributed by atoms with Gasteiger partial charge in [0.2, 0.25) is 5.91 Å². The van der Waals surface area contributed by atoms with Gasteiger partial charge in [-0.05, 0) is 44.9 Å². The van der Waals surface area contributed by atoms with Crippen LogP contribution in [0.25, 0.3) is 0 Å². The van der Waals surface area contributed by atoms with Crippen molar-refractivity contribution < 1.29 is 32.9 Å². The molecule has 0 spiro atoms. The number of likely N-dealkylation sites (N-methyl/N-ethyl adjacent to an activating group) is 1. The molecule has 1 amide bonds. The van der Waals surface area contributed by atoms with Crippen LogP contribution < -0.4 is 5.32 Å². The van der Waals surface area contributed by atoms with Crippen LogP contribution in [0, 0.1) is 0 Å². The Hall–Kier alpha value is -1.02. The van der Waals surface area contributed by atoms with Gasteiger partial charge < -0.3 is 19.8 Å². The van der Waals surface area contributed by atoms with Gasteiger partial charge in [-0.15, -0.1) is 0 Å². The van der Waals surface area contributed by atoms with Gasteiger partial charge in [-0.1, -0.05) is 109 Å². The molecular weight excluding hydrogens is 563 g/mol. The Morgan fingerprint density at radius 3 is 1.81 bits per heavy atom. The quantitative estimate of drug-likeness (QED) is 0.0319. The maximum absolute atomic E-state index is 12.7. The summed E-state index contributed by atoms with van der Waals surface area (Å²) in [7, 11) is 1.56. The maximum Gasteiger partial charge on any atom is 0.472 e. The third kappa shape index (κ3) is 29.5. The molecule has 0 heterocycles. The molecule has 0 saturated carbocycles. The third-order valence-corrected chi connectivity index (χ3v) is 8.40. The van der Waals surface area contributed by atoms with Gasteiger partial charge in [0.1, 0.15) is 13.2 Å². The lowest BCUT2D eigenvalue weighted by atomic mass is 10.1. The van der Waals surface area contributed by atoms with Crippen LogP contribution in [-0.2, 0) is 18.4 Å². The average Bonchev–Trinajstić information content (AvgIpc) is 2.94. The normalized spacial score (nSPS) is 15.2. The Labute approximate surface area is 264 Å². The lowest BCUT2D eigenvalue weighted by Crippen LogP contribution is -2.45. The van der Waals surface area contributed by atoms with Gasteiger partial charge >= 0.3 is 7.82 Å². The Balaban J connectivity index is 4.44. The van der Waals surface area contributed by atoms with Crippen molar-refractivity contribution in [3.05, 3.63) is 24.3 Å². The monoisotopic (exact) mass is 631 g/mol. The number of amides is 1. The summed E-state index contributed by atoms with van der Waals surface area (Å²) < 4.78 is 23.3. The molecule has 3 unspecified atom stereocenters. The average molecular weight is 632 g/mol. The van der Waals surface area contributed by atoms with Gasteiger partial charge in [0.25, 0.3) is 0 Å². The fourth-order valence-electron chi connectivity index (χ4n) is 4.56. The van der Waals surface area contributed by atoms with Gasteiger partial charge in [0, 0.05) is 6.42 Å². The molecule has 0 fully saturated rings. The number of aliphatic hydroxyl groups is 1. The van der Waals surface area contributed by atoms with E-state index in [-0.39, 0.29) is 19.1 Å². The second-order valence-electron chi connectivity index (χ2n) is 12.9. The standard InChI is InChI=1S/C34H67N2O6P/c1-6-8-10-12-14-15-16-17-18-19-20-21-22-24-26-28-34(38)35-32(33(37)27-25-23-13-11-9-7-2)31-42-43(39,40)41-30-29-36(3,4)5/h17-18,25,27,32-33,37H,6-16,19-24,26,28-31H2,1-5H3,(H-,35,38,39,40)/p+1/b18-17-,27-25+. The van der Waals surface area contributed by atoms with E-state index < -0.39 is 20.0 Å². The third-order valence-electron chi connectivity index (χ3n) is 7.42. The summed E-state index contributed by atoms with van der Waals surface area (Å²) in [5.41, 5.74) is 0. The Morgan fingerprint density at radius 2 is 1.26 bits per heavy atom. The number of allylic oxidation sites excluding steroid dienone is 3. The zero-order valence-corrected chi connectivity index (χ0v) is 29.3. The van der Waals surface area contributed by atoms with Crippen molar-refractivity contribution in [3.8, 4) is 0 Å². The summed E-state index contributed by atoms with van der Waals surface area (Å²) in [5, 5.41) is 13.6. The van der Waals surface area contributed by atoms with Gasteiger partial charge in [-0.2, -0.15) is 0 Å². The minimum Gasteiger partial charge on any atom is -0.387 e. The van der Waals surface area contributed by atoms with Gasteiger partial charge in [0.05, 0.1) is 39.9 Å². The molecule has 43 heavy (non-hydrogen) atoms. The molecule has 0 rings (SSSR count). The molecule has 0 bridgehead atoms. The van der Waals surface area contributed by atoms with Crippen LogP contribution >= 0.6 is 7.82 Å². The SMILES string of the molecule is CCCCCC/C=C/C(O)C(COP(=O)(O)OCC[N+](C)(C)C)NC(=O)CCCCCCC/C=C\CCCCCCCC. The highest BCUT2D eigenvalue weighted by molar-refractivity contribution is 7.47. The minimum absolute atomic E-state index is 0.0595. The minimum atomic E-state index is -4.31. The van der Waals surface area contributed by atoms with E-state index in [1.165, 1.54) is 57.8 Å². The molecule has 0 aliphatic heterocycles. The Kier molecular flexibility index (Phi) is 26.7. The smallest absolute Gasteiger partial charge is 0.387 e. The first-order chi connectivity index (χ1) is 20.5. The highest BCUT2D eigenvalue weighted by Gasteiger charge is 2.27. The van der Waals surface area contributed by atoms with Crippen LogP contribution in [0.3, 0.4) is 0 Å². The number of phosphoric ester groups is 1. The van der Waals surface area contributed by atoms with Gasteiger partial charge in [0.15, 0.2) is 0 Å². The van der Waals surface area contributed by atoms with Crippen molar-refractivity contribution in [2.24, 2.45) is 0 Å². The van der Waals surface area contributed by atoms with Crippen LogP contribution in [-0.4, -0.2) is 73.4 Å². The van der Waals surface area contributed by atoms with E-state index in [0.717, 1.165) is 57.8 Å². The first kappa shape index (κ1) is 42.0. The zero-order valence-electron chi connectivity index (χ0n) is 28.4. The molecule has 0 radical (unpaired) electrons. The molecule has 0 aromatic heterocycles. The molecule has 3 N–H and O–H groups in total. The first-order valence-corrected chi connectivity index (χ1v) is 18.7. The second-order valence-corrected chi connectivity index (χ2v) is 14.3. The molecule has 0 aliphatic carbocycles. The number of unbranched alkanes of at least 4 members (excludes halogenated alkanes) is 15. The molecule has 0 aromatic carbocycles. The van der Waals surface area contributed by atoms with Crippen molar-refractivity contribution in [2.45, 2.75) is 148 Å². The topological polar surface area (TPSA) is 105 Å². The fraction of sp³-hybridized carbons (Fsp3) is 0.853. The molecule has 9 heteroatoms. The number of carbonyl (C=O) groups excluding carboxylic acids is 1. The van der Waals surface area contributed by atoms with Gasteiger partial charge in [-0.25, -0.2) is 4.57 Å². The van der Waals surface area contributed by atoms with Crippen molar-refractivity contribution >= 4 is 13.7 Å². The Bertz CT molecular complexity index is 768. The number of carbonyl (C=O) groups is 1. The van der Waals surface area contributed by atoms with Crippen LogP contribution in [0.4, 0.5) is 0 Å². The molecule has 8 nitrogen and oxygen atoms in total. The number of phosphoric acid groups is 1. The van der Waals surface area contributed by atoms with Crippen molar-refractivity contribution in [2.75, 3.05) is 40.9 Å². The van der Waals surface area contributed by atoms with Crippen molar-refractivity contribution in [3.63, 3.8) is 0 Å². The molecule has 0 saturated heterocycles.